The van der Waals surface area contributed by atoms with E-state index >= 15 is 0 Å². The van der Waals surface area contributed by atoms with Crippen molar-refractivity contribution < 1.29 is 9.84 Å². The van der Waals surface area contributed by atoms with Gasteiger partial charge >= 0.3 is 0 Å². The standard InChI is InChI=1S/C16H17N3O2/c1-2-21-16(20)13-10-18-15-14(17)12(8-9-19(13)15)11-6-4-3-5-7-11/h3-10,16,20H,2,17H2,1H3. The van der Waals surface area contributed by atoms with E-state index in [0.717, 1.165) is 11.1 Å². The number of rotatable bonds is 4. The molecule has 1 atom stereocenters. The summed E-state index contributed by atoms with van der Waals surface area (Å²) in [7, 11) is 0. The second-order valence-electron chi connectivity index (χ2n) is 4.69. The summed E-state index contributed by atoms with van der Waals surface area (Å²) in [6.45, 7) is 2.25. The maximum Gasteiger partial charge on any atom is 0.198 e. The summed E-state index contributed by atoms with van der Waals surface area (Å²) < 4.78 is 6.96. The van der Waals surface area contributed by atoms with Crippen molar-refractivity contribution in [2.75, 3.05) is 12.3 Å². The van der Waals surface area contributed by atoms with Gasteiger partial charge in [0.1, 0.15) is 0 Å². The molecule has 0 saturated heterocycles. The highest BCUT2D eigenvalue weighted by Crippen LogP contribution is 2.30. The maximum atomic E-state index is 9.96. The molecule has 0 aliphatic rings. The lowest BCUT2D eigenvalue weighted by Crippen LogP contribution is -2.06. The van der Waals surface area contributed by atoms with Crippen LogP contribution in [-0.4, -0.2) is 21.1 Å². The summed E-state index contributed by atoms with van der Waals surface area (Å²) >= 11 is 0. The van der Waals surface area contributed by atoms with Crippen LogP contribution in [0.2, 0.25) is 0 Å². The highest BCUT2D eigenvalue weighted by Gasteiger charge is 2.16. The van der Waals surface area contributed by atoms with Crippen molar-refractivity contribution in [3.63, 3.8) is 0 Å². The Morgan fingerprint density at radius 1 is 1.29 bits per heavy atom. The number of nitrogen functional groups attached to an aromatic ring is 1. The molecule has 1 aromatic carbocycles. The summed E-state index contributed by atoms with van der Waals surface area (Å²) in [4.78, 5) is 4.31. The number of anilines is 1. The van der Waals surface area contributed by atoms with Crippen LogP contribution in [-0.2, 0) is 4.74 Å². The summed E-state index contributed by atoms with van der Waals surface area (Å²) in [5.41, 5.74) is 9.96. The van der Waals surface area contributed by atoms with E-state index in [4.69, 9.17) is 10.5 Å². The second-order valence-corrected chi connectivity index (χ2v) is 4.69. The van der Waals surface area contributed by atoms with Crippen molar-refractivity contribution in [1.82, 2.24) is 9.38 Å². The number of benzene rings is 1. The van der Waals surface area contributed by atoms with Gasteiger partial charge in [0.05, 0.1) is 17.6 Å². The van der Waals surface area contributed by atoms with Gasteiger partial charge in [-0.2, -0.15) is 0 Å². The third-order valence-electron chi connectivity index (χ3n) is 3.41. The van der Waals surface area contributed by atoms with E-state index < -0.39 is 6.29 Å². The van der Waals surface area contributed by atoms with E-state index in [2.05, 4.69) is 4.98 Å². The predicted molar refractivity (Wildman–Crippen MR) is 81.6 cm³/mol. The zero-order valence-electron chi connectivity index (χ0n) is 11.7. The minimum absolute atomic E-state index is 0.423. The molecule has 5 heteroatoms. The van der Waals surface area contributed by atoms with Crippen LogP contribution in [0.1, 0.15) is 18.9 Å². The van der Waals surface area contributed by atoms with Crippen molar-refractivity contribution in [3.05, 3.63) is 54.5 Å². The molecule has 21 heavy (non-hydrogen) atoms. The van der Waals surface area contributed by atoms with Gasteiger partial charge in [0.2, 0.25) is 0 Å². The Hall–Kier alpha value is -2.37. The Balaban J connectivity index is 2.11. The van der Waals surface area contributed by atoms with E-state index in [0.29, 0.717) is 23.6 Å². The molecule has 0 spiro atoms. The molecule has 0 aliphatic heterocycles. The lowest BCUT2D eigenvalue weighted by atomic mass is 10.1. The molecule has 2 heterocycles. The van der Waals surface area contributed by atoms with Crippen molar-refractivity contribution >= 4 is 11.3 Å². The minimum atomic E-state index is -1.01. The molecule has 3 N–H and O–H groups in total. The molecule has 0 bridgehead atoms. The largest absolute Gasteiger partial charge is 0.395 e. The Morgan fingerprint density at radius 2 is 2.05 bits per heavy atom. The first-order chi connectivity index (χ1) is 10.2. The zero-order valence-corrected chi connectivity index (χ0v) is 11.7. The van der Waals surface area contributed by atoms with E-state index in [1.165, 1.54) is 0 Å². The Morgan fingerprint density at radius 3 is 2.76 bits per heavy atom. The molecule has 0 aliphatic carbocycles. The van der Waals surface area contributed by atoms with Gasteiger partial charge in [-0.3, -0.25) is 4.40 Å². The Kier molecular flexibility index (Phi) is 3.60. The van der Waals surface area contributed by atoms with E-state index in [1.807, 2.05) is 49.5 Å². The normalized spacial score (nSPS) is 12.7. The second kappa shape index (κ2) is 5.55. The van der Waals surface area contributed by atoms with Gasteiger partial charge in [-0.25, -0.2) is 4.98 Å². The highest BCUT2D eigenvalue weighted by molar-refractivity contribution is 5.85. The number of hydrogen-bond donors (Lipinski definition) is 2. The van der Waals surface area contributed by atoms with Gasteiger partial charge in [-0.15, -0.1) is 0 Å². The topological polar surface area (TPSA) is 72.8 Å². The zero-order chi connectivity index (χ0) is 14.8. The Labute approximate surface area is 122 Å². The molecule has 0 fully saturated rings. The van der Waals surface area contributed by atoms with E-state index in [1.54, 1.807) is 10.6 Å². The summed E-state index contributed by atoms with van der Waals surface area (Å²) in [6, 6.07) is 11.8. The molecule has 3 aromatic rings. The number of hydrogen-bond acceptors (Lipinski definition) is 4. The monoisotopic (exact) mass is 283 g/mol. The van der Waals surface area contributed by atoms with Gasteiger partial charge in [0.25, 0.3) is 0 Å². The van der Waals surface area contributed by atoms with Gasteiger partial charge in [0, 0.05) is 18.4 Å². The van der Waals surface area contributed by atoms with E-state index in [9.17, 15) is 5.11 Å². The molecule has 2 aromatic heterocycles. The van der Waals surface area contributed by atoms with Gasteiger partial charge in [-0.1, -0.05) is 30.3 Å². The van der Waals surface area contributed by atoms with Crippen LogP contribution in [0.25, 0.3) is 16.8 Å². The van der Waals surface area contributed by atoms with E-state index in [-0.39, 0.29) is 0 Å². The maximum absolute atomic E-state index is 9.96. The third kappa shape index (κ3) is 2.37. The highest BCUT2D eigenvalue weighted by atomic mass is 16.6. The fraction of sp³-hybridized carbons (Fsp3) is 0.188. The smallest absolute Gasteiger partial charge is 0.198 e. The molecule has 108 valence electrons. The fourth-order valence-electron chi connectivity index (χ4n) is 2.38. The van der Waals surface area contributed by atoms with Gasteiger partial charge in [0.15, 0.2) is 11.9 Å². The summed E-state index contributed by atoms with van der Waals surface area (Å²) in [5, 5.41) is 9.96. The number of aromatic nitrogens is 2. The van der Waals surface area contributed by atoms with Crippen LogP contribution >= 0.6 is 0 Å². The van der Waals surface area contributed by atoms with Crippen LogP contribution in [0.4, 0.5) is 5.69 Å². The lowest BCUT2D eigenvalue weighted by Gasteiger charge is -2.12. The number of aliphatic hydroxyl groups is 1. The number of pyridine rings is 1. The predicted octanol–water partition coefficient (Wildman–Crippen LogP) is 2.61. The lowest BCUT2D eigenvalue weighted by molar-refractivity contribution is -0.101. The van der Waals surface area contributed by atoms with Crippen molar-refractivity contribution in [1.29, 1.82) is 0 Å². The summed E-state index contributed by atoms with van der Waals surface area (Å²) in [5.74, 6) is 0. The summed E-state index contributed by atoms with van der Waals surface area (Å²) in [6.07, 6.45) is 2.42. The molecule has 5 nitrogen and oxygen atoms in total. The quantitative estimate of drug-likeness (QED) is 0.722. The van der Waals surface area contributed by atoms with Crippen LogP contribution in [0.3, 0.4) is 0 Å². The average molecular weight is 283 g/mol. The first kappa shape index (κ1) is 13.6. The van der Waals surface area contributed by atoms with Crippen molar-refractivity contribution in [2.45, 2.75) is 13.2 Å². The third-order valence-corrected chi connectivity index (χ3v) is 3.41. The molecule has 1 unspecified atom stereocenters. The van der Waals surface area contributed by atoms with Gasteiger partial charge in [-0.05, 0) is 18.6 Å². The number of ether oxygens (including phenoxy) is 1. The molecule has 0 saturated carbocycles. The number of nitrogens with two attached hydrogens (primary N) is 1. The number of imidazole rings is 1. The van der Waals surface area contributed by atoms with Crippen LogP contribution < -0.4 is 5.73 Å². The first-order valence-corrected chi connectivity index (χ1v) is 6.83. The first-order valence-electron chi connectivity index (χ1n) is 6.83. The molecule has 0 amide bonds. The minimum Gasteiger partial charge on any atom is -0.395 e. The van der Waals surface area contributed by atoms with Crippen molar-refractivity contribution in [2.24, 2.45) is 0 Å². The van der Waals surface area contributed by atoms with Crippen LogP contribution in [0.5, 0.6) is 0 Å². The van der Waals surface area contributed by atoms with Crippen LogP contribution in [0, 0.1) is 0 Å². The molecular weight excluding hydrogens is 266 g/mol. The number of aliphatic hydroxyl groups excluding tert-OH is 1. The molecular formula is C16H17N3O2. The van der Waals surface area contributed by atoms with Crippen molar-refractivity contribution in [3.8, 4) is 11.1 Å². The van der Waals surface area contributed by atoms with Crippen LogP contribution in [0.15, 0.2) is 48.8 Å². The Bertz CT molecular complexity index is 753. The van der Waals surface area contributed by atoms with Gasteiger partial charge < -0.3 is 15.6 Å². The molecule has 3 rings (SSSR count). The fourth-order valence-corrected chi connectivity index (χ4v) is 2.38. The molecule has 0 radical (unpaired) electrons. The number of nitrogens with zero attached hydrogens (tertiary/aromatic N) is 2. The SMILES string of the molecule is CCOC(O)c1cnc2c(N)c(-c3ccccc3)ccn12. The average Bonchev–Trinajstić information content (AvgIpc) is 2.94. The number of fused-ring (bicyclic) bond motifs is 1.